The van der Waals surface area contributed by atoms with Gasteiger partial charge in [0.25, 0.3) is 0 Å². The van der Waals surface area contributed by atoms with Crippen molar-refractivity contribution in [3.8, 4) is 17.3 Å². The summed E-state index contributed by atoms with van der Waals surface area (Å²) in [6.45, 7) is 0.630. The van der Waals surface area contributed by atoms with E-state index in [1.807, 2.05) is 35.1 Å². The Bertz CT molecular complexity index is 1040. The van der Waals surface area contributed by atoms with Gasteiger partial charge in [-0.25, -0.2) is 9.97 Å². The highest BCUT2D eigenvalue weighted by atomic mass is 15.3. The molecule has 4 rings (SSSR count). The molecule has 3 aromatic heterocycles. The van der Waals surface area contributed by atoms with Gasteiger partial charge >= 0.3 is 0 Å². The molecule has 114 valence electrons. The molecule has 0 aliphatic heterocycles. The van der Waals surface area contributed by atoms with E-state index in [1.54, 1.807) is 30.7 Å². The monoisotopic (exact) mass is 312 g/mol. The van der Waals surface area contributed by atoms with E-state index in [-0.39, 0.29) is 0 Å². The van der Waals surface area contributed by atoms with Gasteiger partial charge in [-0.3, -0.25) is 9.67 Å². The molecule has 0 N–H and O–H groups in total. The Labute approximate surface area is 138 Å². The van der Waals surface area contributed by atoms with Crippen LogP contribution in [0.15, 0.2) is 61.2 Å². The zero-order valence-electron chi connectivity index (χ0n) is 12.7. The maximum atomic E-state index is 8.84. The maximum Gasteiger partial charge on any atom is 0.178 e. The van der Waals surface area contributed by atoms with E-state index in [4.69, 9.17) is 5.26 Å². The number of rotatable bonds is 3. The summed E-state index contributed by atoms with van der Waals surface area (Å²) in [4.78, 5) is 13.1. The van der Waals surface area contributed by atoms with Crippen LogP contribution in [0.1, 0.15) is 11.1 Å². The van der Waals surface area contributed by atoms with Gasteiger partial charge in [0.1, 0.15) is 5.52 Å². The van der Waals surface area contributed by atoms with Gasteiger partial charge in [-0.2, -0.15) is 10.4 Å². The summed E-state index contributed by atoms with van der Waals surface area (Å²) >= 11 is 0. The fraction of sp³-hybridized carbons (Fsp3) is 0.0556. The van der Waals surface area contributed by atoms with Gasteiger partial charge in [-0.1, -0.05) is 12.1 Å². The minimum absolute atomic E-state index is 0.620. The van der Waals surface area contributed by atoms with Crippen molar-refractivity contribution in [2.75, 3.05) is 0 Å². The number of nitriles is 1. The molecule has 0 fully saturated rings. The topological polar surface area (TPSA) is 80.3 Å². The first-order valence-corrected chi connectivity index (χ1v) is 7.41. The van der Waals surface area contributed by atoms with Crippen molar-refractivity contribution < 1.29 is 0 Å². The lowest BCUT2D eigenvalue weighted by atomic mass is 10.1. The molecule has 0 saturated carbocycles. The molecular weight excluding hydrogens is 300 g/mol. The first kappa shape index (κ1) is 14.0. The minimum atomic E-state index is 0.620. The predicted octanol–water partition coefficient (Wildman–Crippen LogP) is 2.81. The zero-order valence-corrected chi connectivity index (χ0v) is 12.7. The van der Waals surface area contributed by atoms with Crippen molar-refractivity contribution in [1.29, 1.82) is 5.26 Å². The Kier molecular flexibility index (Phi) is 3.45. The van der Waals surface area contributed by atoms with E-state index >= 15 is 0 Å². The van der Waals surface area contributed by atoms with Crippen LogP contribution in [0.4, 0.5) is 0 Å². The van der Waals surface area contributed by atoms with Crippen molar-refractivity contribution in [3.05, 3.63) is 72.3 Å². The Morgan fingerprint density at radius 3 is 2.75 bits per heavy atom. The lowest BCUT2D eigenvalue weighted by Crippen LogP contribution is -1.99. The van der Waals surface area contributed by atoms with E-state index in [2.05, 4.69) is 26.1 Å². The third kappa shape index (κ3) is 2.71. The molecule has 0 bridgehead atoms. The maximum absolute atomic E-state index is 8.84. The molecule has 24 heavy (non-hydrogen) atoms. The lowest BCUT2D eigenvalue weighted by molar-refractivity contribution is 0.687. The molecule has 0 amide bonds. The smallest absolute Gasteiger partial charge is 0.178 e. The second kappa shape index (κ2) is 5.89. The molecule has 1 aromatic carbocycles. The lowest BCUT2D eigenvalue weighted by Gasteiger charge is -2.02. The molecule has 0 spiro atoms. The van der Waals surface area contributed by atoms with Crippen molar-refractivity contribution >= 4 is 11.2 Å². The Morgan fingerprint density at radius 2 is 1.92 bits per heavy atom. The summed E-state index contributed by atoms with van der Waals surface area (Å²) in [5.74, 6) is 0. The number of benzene rings is 1. The SMILES string of the molecule is N#Cc1ccc(Cn2cc(-c3cnc4cccnc4n3)cn2)cc1. The van der Waals surface area contributed by atoms with Crippen molar-refractivity contribution in [3.63, 3.8) is 0 Å². The van der Waals surface area contributed by atoms with E-state index < -0.39 is 0 Å². The number of fused-ring (bicyclic) bond motifs is 1. The summed E-state index contributed by atoms with van der Waals surface area (Å²) in [7, 11) is 0. The van der Waals surface area contributed by atoms with Crippen LogP contribution >= 0.6 is 0 Å². The Balaban J connectivity index is 1.60. The second-order valence-electron chi connectivity index (χ2n) is 5.34. The number of aromatic nitrogens is 5. The van der Waals surface area contributed by atoms with Crippen LogP contribution in [0.3, 0.4) is 0 Å². The van der Waals surface area contributed by atoms with Crippen LogP contribution in [-0.4, -0.2) is 24.7 Å². The molecule has 0 aliphatic carbocycles. The Hall–Kier alpha value is -3.59. The fourth-order valence-electron chi connectivity index (χ4n) is 2.44. The van der Waals surface area contributed by atoms with Gasteiger partial charge in [0.15, 0.2) is 5.65 Å². The minimum Gasteiger partial charge on any atom is -0.268 e. The van der Waals surface area contributed by atoms with Gasteiger partial charge in [-0.05, 0) is 29.8 Å². The molecule has 6 nitrogen and oxygen atoms in total. The number of pyridine rings is 1. The van der Waals surface area contributed by atoms with Crippen molar-refractivity contribution in [2.24, 2.45) is 0 Å². The zero-order chi connectivity index (χ0) is 16.4. The average molecular weight is 312 g/mol. The molecule has 4 aromatic rings. The molecule has 0 aliphatic rings. The molecule has 6 heteroatoms. The van der Waals surface area contributed by atoms with E-state index in [1.165, 1.54) is 0 Å². The first-order valence-electron chi connectivity index (χ1n) is 7.41. The van der Waals surface area contributed by atoms with Crippen LogP contribution < -0.4 is 0 Å². The summed E-state index contributed by atoms with van der Waals surface area (Å²) < 4.78 is 1.83. The van der Waals surface area contributed by atoms with E-state index in [9.17, 15) is 0 Å². The van der Waals surface area contributed by atoms with Crippen LogP contribution in [0.25, 0.3) is 22.4 Å². The van der Waals surface area contributed by atoms with Gasteiger partial charge in [0.2, 0.25) is 0 Å². The van der Waals surface area contributed by atoms with Crippen LogP contribution in [0.2, 0.25) is 0 Å². The third-order valence-corrected chi connectivity index (χ3v) is 3.67. The first-order chi connectivity index (χ1) is 11.8. The van der Waals surface area contributed by atoms with Crippen molar-refractivity contribution in [1.82, 2.24) is 24.7 Å². The standard InChI is InChI=1S/C18H12N6/c19-8-13-3-5-14(6-4-13)11-24-12-15(9-22-24)17-10-21-16-2-1-7-20-18(16)23-17/h1-7,9-10,12H,11H2. The van der Waals surface area contributed by atoms with Crippen LogP contribution in [-0.2, 0) is 6.54 Å². The molecule has 0 saturated heterocycles. The molecule has 0 radical (unpaired) electrons. The van der Waals surface area contributed by atoms with Gasteiger partial charge in [-0.15, -0.1) is 0 Å². The van der Waals surface area contributed by atoms with Gasteiger partial charge in [0, 0.05) is 18.0 Å². The summed E-state index contributed by atoms with van der Waals surface area (Å²) in [6.07, 6.45) is 7.13. The number of hydrogen-bond acceptors (Lipinski definition) is 5. The predicted molar refractivity (Wildman–Crippen MR) is 88.8 cm³/mol. The van der Waals surface area contributed by atoms with Gasteiger partial charge < -0.3 is 0 Å². The molecule has 0 atom stereocenters. The average Bonchev–Trinajstić information content (AvgIpc) is 3.10. The van der Waals surface area contributed by atoms with E-state index in [0.717, 1.165) is 22.3 Å². The summed E-state index contributed by atoms with van der Waals surface area (Å²) in [5.41, 5.74) is 4.76. The highest BCUT2D eigenvalue weighted by Gasteiger charge is 2.06. The van der Waals surface area contributed by atoms with E-state index in [0.29, 0.717) is 17.8 Å². The quantitative estimate of drug-likeness (QED) is 0.581. The second-order valence-corrected chi connectivity index (χ2v) is 5.34. The Morgan fingerprint density at radius 1 is 1.04 bits per heavy atom. The van der Waals surface area contributed by atoms with Gasteiger partial charge in [0.05, 0.1) is 36.3 Å². The summed E-state index contributed by atoms with van der Waals surface area (Å²) in [6, 6.07) is 13.3. The van der Waals surface area contributed by atoms with Crippen LogP contribution in [0.5, 0.6) is 0 Å². The fourth-order valence-corrected chi connectivity index (χ4v) is 2.44. The van der Waals surface area contributed by atoms with Crippen molar-refractivity contribution in [2.45, 2.75) is 6.54 Å². The summed E-state index contributed by atoms with van der Waals surface area (Å²) in [5, 5.41) is 13.2. The number of nitrogens with zero attached hydrogens (tertiary/aromatic N) is 6. The highest BCUT2D eigenvalue weighted by Crippen LogP contribution is 2.18. The number of hydrogen-bond donors (Lipinski definition) is 0. The van der Waals surface area contributed by atoms with Crippen LogP contribution in [0, 0.1) is 11.3 Å². The normalized spacial score (nSPS) is 10.6. The molecule has 0 unspecified atom stereocenters. The third-order valence-electron chi connectivity index (χ3n) is 3.67. The molecular formula is C18H12N6. The highest BCUT2D eigenvalue weighted by molar-refractivity contribution is 5.72. The molecule has 3 heterocycles. The largest absolute Gasteiger partial charge is 0.268 e.